The third kappa shape index (κ3) is 2.58. The molecule has 0 saturated heterocycles. The molecule has 6 heteroatoms. The summed E-state index contributed by atoms with van der Waals surface area (Å²) in [6, 6.07) is 7.62. The van der Waals surface area contributed by atoms with Gasteiger partial charge in [-0.2, -0.15) is 0 Å². The van der Waals surface area contributed by atoms with Gasteiger partial charge in [0.1, 0.15) is 0 Å². The Labute approximate surface area is 109 Å². The van der Waals surface area contributed by atoms with Crippen LogP contribution in [0, 0.1) is 0 Å². The van der Waals surface area contributed by atoms with E-state index in [4.69, 9.17) is 5.73 Å². The van der Waals surface area contributed by atoms with E-state index in [1.807, 2.05) is 35.9 Å². The molecule has 0 aliphatic carbocycles. The van der Waals surface area contributed by atoms with Crippen molar-refractivity contribution in [3.63, 3.8) is 0 Å². The van der Waals surface area contributed by atoms with Crippen molar-refractivity contribution in [1.82, 2.24) is 9.88 Å². The number of carbonyl (C=O) groups is 2. The molecular formula is C13H15N3O3. The van der Waals surface area contributed by atoms with Crippen LogP contribution in [0.25, 0.3) is 10.9 Å². The van der Waals surface area contributed by atoms with Crippen LogP contribution in [0.5, 0.6) is 0 Å². The SMILES string of the molecule is Cn1cc(C(O)CNC(=O)C(N)=O)c2ccccc21. The lowest BCUT2D eigenvalue weighted by Gasteiger charge is -2.10. The highest BCUT2D eigenvalue weighted by atomic mass is 16.3. The minimum absolute atomic E-state index is 0.0597. The van der Waals surface area contributed by atoms with Crippen LogP contribution in [-0.4, -0.2) is 28.0 Å². The van der Waals surface area contributed by atoms with E-state index in [2.05, 4.69) is 5.32 Å². The van der Waals surface area contributed by atoms with Gasteiger partial charge in [-0.1, -0.05) is 18.2 Å². The molecule has 1 heterocycles. The second-order valence-electron chi connectivity index (χ2n) is 4.30. The zero-order valence-electron chi connectivity index (χ0n) is 10.5. The summed E-state index contributed by atoms with van der Waals surface area (Å²) in [5.74, 6) is -1.97. The molecule has 0 radical (unpaired) electrons. The van der Waals surface area contributed by atoms with Gasteiger partial charge in [0, 0.05) is 36.3 Å². The largest absolute Gasteiger partial charge is 0.386 e. The van der Waals surface area contributed by atoms with Gasteiger partial charge in [0.2, 0.25) is 0 Å². The fourth-order valence-electron chi connectivity index (χ4n) is 2.03. The van der Waals surface area contributed by atoms with Gasteiger partial charge in [0.25, 0.3) is 0 Å². The average Bonchev–Trinajstić information content (AvgIpc) is 2.73. The van der Waals surface area contributed by atoms with E-state index >= 15 is 0 Å². The van der Waals surface area contributed by atoms with E-state index in [9.17, 15) is 14.7 Å². The first-order chi connectivity index (χ1) is 9.00. The number of nitrogens with two attached hydrogens (primary N) is 1. The number of rotatable bonds is 3. The molecule has 0 saturated carbocycles. The van der Waals surface area contributed by atoms with Gasteiger partial charge < -0.3 is 20.7 Å². The van der Waals surface area contributed by atoms with E-state index in [1.54, 1.807) is 6.20 Å². The van der Waals surface area contributed by atoms with Crippen molar-refractivity contribution in [2.24, 2.45) is 12.8 Å². The summed E-state index contributed by atoms with van der Waals surface area (Å²) in [4.78, 5) is 21.6. The minimum Gasteiger partial charge on any atom is -0.386 e. The molecule has 4 N–H and O–H groups in total. The Balaban J connectivity index is 2.20. The number of aliphatic hydroxyl groups excluding tert-OH is 1. The Bertz CT molecular complexity index is 633. The summed E-state index contributed by atoms with van der Waals surface area (Å²) in [6.07, 6.45) is 0.903. The summed E-state index contributed by atoms with van der Waals surface area (Å²) in [5.41, 5.74) is 6.50. The van der Waals surface area contributed by atoms with E-state index in [-0.39, 0.29) is 6.54 Å². The molecule has 2 rings (SSSR count). The monoisotopic (exact) mass is 261 g/mol. The molecular weight excluding hydrogens is 246 g/mol. The molecule has 1 unspecified atom stereocenters. The summed E-state index contributed by atoms with van der Waals surface area (Å²) >= 11 is 0. The average molecular weight is 261 g/mol. The third-order valence-electron chi connectivity index (χ3n) is 2.97. The number of aromatic nitrogens is 1. The van der Waals surface area contributed by atoms with Crippen LogP contribution in [-0.2, 0) is 16.6 Å². The Hall–Kier alpha value is -2.34. The number of hydrogen-bond acceptors (Lipinski definition) is 3. The second kappa shape index (κ2) is 5.11. The maximum absolute atomic E-state index is 11.0. The number of aryl methyl sites for hydroxylation is 1. The number of carbonyl (C=O) groups excluding carboxylic acids is 2. The fourth-order valence-corrected chi connectivity index (χ4v) is 2.03. The molecule has 19 heavy (non-hydrogen) atoms. The lowest BCUT2D eigenvalue weighted by Crippen LogP contribution is -2.38. The number of para-hydroxylation sites is 1. The Morgan fingerprint density at radius 1 is 1.42 bits per heavy atom. The zero-order chi connectivity index (χ0) is 14.0. The van der Waals surface area contributed by atoms with Crippen LogP contribution in [0.4, 0.5) is 0 Å². The van der Waals surface area contributed by atoms with Gasteiger partial charge >= 0.3 is 11.8 Å². The zero-order valence-corrected chi connectivity index (χ0v) is 10.5. The maximum atomic E-state index is 11.0. The molecule has 0 fully saturated rings. The van der Waals surface area contributed by atoms with E-state index < -0.39 is 17.9 Å². The second-order valence-corrected chi connectivity index (χ2v) is 4.30. The third-order valence-corrected chi connectivity index (χ3v) is 2.97. The number of nitrogens with one attached hydrogen (secondary N) is 1. The molecule has 1 aromatic heterocycles. The predicted octanol–water partition coefficient (Wildman–Crippen LogP) is -0.187. The molecule has 2 aromatic rings. The highest BCUT2D eigenvalue weighted by Gasteiger charge is 2.16. The van der Waals surface area contributed by atoms with Crippen LogP contribution < -0.4 is 11.1 Å². The lowest BCUT2D eigenvalue weighted by atomic mass is 10.1. The first kappa shape index (κ1) is 13.1. The molecule has 6 nitrogen and oxygen atoms in total. The molecule has 0 spiro atoms. The number of primary amides is 1. The van der Waals surface area contributed by atoms with Gasteiger partial charge in [-0.05, 0) is 6.07 Å². The van der Waals surface area contributed by atoms with E-state index in [0.29, 0.717) is 5.56 Å². The number of benzene rings is 1. The number of amides is 2. The van der Waals surface area contributed by atoms with Crippen LogP contribution in [0.3, 0.4) is 0 Å². The smallest absolute Gasteiger partial charge is 0.309 e. The Morgan fingerprint density at radius 3 is 2.79 bits per heavy atom. The quantitative estimate of drug-likeness (QED) is 0.668. The van der Waals surface area contributed by atoms with Gasteiger partial charge in [-0.25, -0.2) is 0 Å². The first-order valence-electron chi connectivity index (χ1n) is 5.80. The van der Waals surface area contributed by atoms with Crippen molar-refractivity contribution in [3.8, 4) is 0 Å². The number of fused-ring (bicyclic) bond motifs is 1. The topological polar surface area (TPSA) is 97.3 Å². The van der Waals surface area contributed by atoms with Gasteiger partial charge in [-0.15, -0.1) is 0 Å². The number of nitrogens with zero attached hydrogens (tertiary/aromatic N) is 1. The highest BCUT2D eigenvalue weighted by molar-refractivity contribution is 6.34. The highest BCUT2D eigenvalue weighted by Crippen LogP contribution is 2.25. The van der Waals surface area contributed by atoms with Crippen molar-refractivity contribution in [3.05, 3.63) is 36.0 Å². The molecule has 1 atom stereocenters. The van der Waals surface area contributed by atoms with Crippen molar-refractivity contribution < 1.29 is 14.7 Å². The lowest BCUT2D eigenvalue weighted by molar-refractivity contribution is -0.137. The minimum atomic E-state index is -1.06. The van der Waals surface area contributed by atoms with Gasteiger partial charge in [0.15, 0.2) is 0 Å². The van der Waals surface area contributed by atoms with Gasteiger partial charge in [0.05, 0.1) is 6.10 Å². The summed E-state index contributed by atoms with van der Waals surface area (Å²) in [6.45, 7) is -0.0597. The fraction of sp³-hybridized carbons (Fsp3) is 0.231. The standard InChI is InChI=1S/C13H15N3O3/c1-16-7-9(8-4-2-3-5-10(8)16)11(17)6-15-13(19)12(14)18/h2-5,7,11,17H,6H2,1H3,(H2,14,18)(H,15,19). The van der Waals surface area contributed by atoms with Crippen LogP contribution in [0.15, 0.2) is 30.5 Å². The molecule has 2 amide bonds. The van der Waals surface area contributed by atoms with Gasteiger partial charge in [-0.3, -0.25) is 9.59 Å². The normalized spacial score (nSPS) is 12.3. The maximum Gasteiger partial charge on any atom is 0.309 e. The predicted molar refractivity (Wildman–Crippen MR) is 70.1 cm³/mol. The molecule has 0 aliphatic heterocycles. The van der Waals surface area contributed by atoms with Crippen molar-refractivity contribution in [2.45, 2.75) is 6.10 Å². The summed E-state index contributed by atoms with van der Waals surface area (Å²) in [5, 5.41) is 13.3. The molecule has 100 valence electrons. The summed E-state index contributed by atoms with van der Waals surface area (Å²) < 4.78 is 1.89. The molecule has 0 aliphatic rings. The van der Waals surface area contributed by atoms with Crippen LogP contribution in [0.2, 0.25) is 0 Å². The molecule has 1 aromatic carbocycles. The Morgan fingerprint density at radius 2 is 2.11 bits per heavy atom. The van der Waals surface area contributed by atoms with E-state index in [1.165, 1.54) is 0 Å². The van der Waals surface area contributed by atoms with Crippen molar-refractivity contribution >= 4 is 22.7 Å². The van der Waals surface area contributed by atoms with Crippen LogP contribution in [0.1, 0.15) is 11.7 Å². The summed E-state index contributed by atoms with van der Waals surface area (Å²) in [7, 11) is 1.88. The Kier molecular flexibility index (Phi) is 3.52. The van der Waals surface area contributed by atoms with Crippen molar-refractivity contribution in [1.29, 1.82) is 0 Å². The number of hydrogen-bond donors (Lipinski definition) is 3. The molecule has 0 bridgehead atoms. The van der Waals surface area contributed by atoms with E-state index in [0.717, 1.165) is 10.9 Å². The van der Waals surface area contributed by atoms with Crippen molar-refractivity contribution in [2.75, 3.05) is 6.54 Å². The first-order valence-corrected chi connectivity index (χ1v) is 5.80. The van der Waals surface area contributed by atoms with Crippen LogP contribution >= 0.6 is 0 Å². The number of aliphatic hydroxyl groups is 1.